The lowest BCUT2D eigenvalue weighted by molar-refractivity contribution is -0.385. The van der Waals surface area contributed by atoms with Gasteiger partial charge in [-0.05, 0) is 13.0 Å². The Kier molecular flexibility index (Phi) is 3.78. The molecule has 10 nitrogen and oxygen atoms in total. The third-order valence-electron chi connectivity index (χ3n) is 2.49. The Morgan fingerprint density at radius 3 is 2.62 bits per heavy atom. The molecule has 0 spiro atoms. The molecule has 0 bridgehead atoms. The molecule has 0 radical (unpaired) electrons. The van der Waals surface area contributed by atoms with E-state index < -0.39 is 14.9 Å². The number of aromatic nitrogens is 1. The quantitative estimate of drug-likeness (QED) is 0.419. The van der Waals surface area contributed by atoms with Gasteiger partial charge in [-0.25, -0.2) is 8.42 Å². The maximum absolute atomic E-state index is 12.3. The van der Waals surface area contributed by atoms with Crippen LogP contribution in [-0.4, -0.2) is 18.5 Å². The Morgan fingerprint density at radius 1 is 1.38 bits per heavy atom. The minimum atomic E-state index is -4.12. The van der Waals surface area contributed by atoms with E-state index in [0.29, 0.717) is 5.76 Å². The van der Waals surface area contributed by atoms with Crippen molar-refractivity contribution in [2.24, 2.45) is 5.84 Å². The molecule has 2 rings (SSSR count). The fourth-order valence-electron chi connectivity index (χ4n) is 1.57. The number of nitro groups is 1. The van der Waals surface area contributed by atoms with Crippen molar-refractivity contribution in [1.82, 2.24) is 5.16 Å². The van der Waals surface area contributed by atoms with E-state index in [9.17, 15) is 18.5 Å². The molecule has 0 unspecified atom stereocenters. The maximum Gasteiger partial charge on any atom is 0.270 e. The summed E-state index contributed by atoms with van der Waals surface area (Å²) in [6.07, 6.45) is 0. The lowest BCUT2D eigenvalue weighted by atomic mass is 10.3. The van der Waals surface area contributed by atoms with Gasteiger partial charge in [0.1, 0.15) is 10.7 Å². The summed E-state index contributed by atoms with van der Waals surface area (Å²) in [7, 11) is -4.12. The van der Waals surface area contributed by atoms with E-state index in [1.54, 1.807) is 6.92 Å². The topological polar surface area (TPSA) is 153 Å². The number of hydrogen-bond donors (Lipinski definition) is 3. The average molecular weight is 313 g/mol. The maximum atomic E-state index is 12.3. The highest BCUT2D eigenvalue weighted by Crippen LogP contribution is 2.27. The molecule has 21 heavy (non-hydrogen) atoms. The summed E-state index contributed by atoms with van der Waals surface area (Å²) in [6, 6.07) is 4.59. The zero-order valence-electron chi connectivity index (χ0n) is 10.7. The molecule has 0 saturated carbocycles. The van der Waals surface area contributed by atoms with E-state index in [-0.39, 0.29) is 22.1 Å². The molecule has 112 valence electrons. The summed E-state index contributed by atoms with van der Waals surface area (Å²) in [5, 5.41) is 14.2. The van der Waals surface area contributed by atoms with Crippen LogP contribution in [0.1, 0.15) is 5.76 Å². The van der Waals surface area contributed by atoms with Gasteiger partial charge in [0.05, 0.1) is 10.6 Å². The van der Waals surface area contributed by atoms with Crippen LogP contribution >= 0.6 is 0 Å². The molecule has 0 fully saturated rings. The van der Waals surface area contributed by atoms with Crippen molar-refractivity contribution in [3.05, 3.63) is 40.1 Å². The van der Waals surface area contributed by atoms with Crippen LogP contribution in [0.4, 0.5) is 17.2 Å². The van der Waals surface area contributed by atoms with Crippen LogP contribution in [0.3, 0.4) is 0 Å². The minimum absolute atomic E-state index is 0.00770. The highest BCUT2D eigenvalue weighted by molar-refractivity contribution is 7.92. The van der Waals surface area contributed by atoms with Gasteiger partial charge < -0.3 is 9.95 Å². The number of hydrazine groups is 1. The molecule has 0 aliphatic rings. The number of aryl methyl sites for hydroxylation is 1. The van der Waals surface area contributed by atoms with Gasteiger partial charge in [0.15, 0.2) is 5.82 Å². The molecule has 0 amide bonds. The summed E-state index contributed by atoms with van der Waals surface area (Å²) in [4.78, 5) is 9.67. The Morgan fingerprint density at radius 2 is 2.10 bits per heavy atom. The van der Waals surface area contributed by atoms with Crippen LogP contribution in [-0.2, 0) is 10.0 Å². The van der Waals surface area contributed by atoms with Crippen molar-refractivity contribution in [2.45, 2.75) is 11.8 Å². The average Bonchev–Trinajstić information content (AvgIpc) is 2.82. The summed E-state index contributed by atoms with van der Waals surface area (Å²) in [6.45, 7) is 1.59. The van der Waals surface area contributed by atoms with Gasteiger partial charge in [-0.3, -0.25) is 20.7 Å². The molecular weight excluding hydrogens is 302 g/mol. The lowest BCUT2D eigenvalue weighted by Crippen LogP contribution is -2.18. The van der Waals surface area contributed by atoms with E-state index in [1.807, 2.05) is 0 Å². The van der Waals surface area contributed by atoms with Crippen molar-refractivity contribution in [2.75, 3.05) is 10.1 Å². The predicted octanol–water partition coefficient (Wildman–Crippen LogP) is 0.978. The number of benzene rings is 1. The zero-order chi connectivity index (χ0) is 15.6. The molecular formula is C10H11N5O5S. The summed E-state index contributed by atoms with van der Waals surface area (Å²) >= 11 is 0. The summed E-state index contributed by atoms with van der Waals surface area (Å²) in [5.74, 6) is 5.59. The first-order valence-electron chi connectivity index (χ1n) is 5.54. The van der Waals surface area contributed by atoms with Gasteiger partial charge >= 0.3 is 0 Å². The lowest BCUT2D eigenvalue weighted by Gasteiger charge is -2.09. The Balaban J connectivity index is 2.47. The van der Waals surface area contributed by atoms with E-state index in [0.717, 1.165) is 12.1 Å². The number of nitrogens with two attached hydrogens (primary N) is 1. The van der Waals surface area contributed by atoms with E-state index in [4.69, 9.17) is 10.4 Å². The molecule has 1 aromatic heterocycles. The molecule has 0 atom stereocenters. The number of anilines is 2. The van der Waals surface area contributed by atoms with Crippen LogP contribution in [0.5, 0.6) is 0 Å². The third-order valence-corrected chi connectivity index (χ3v) is 3.88. The number of non-ortho nitro benzene ring substituents is 1. The molecule has 4 N–H and O–H groups in total. The standard InChI is InChI=1S/C10H11N5O5S/c1-6-4-10(13-20-6)14-21(18,19)9-5-7(15(16)17)2-3-8(9)12-11/h2-5,12H,11H2,1H3,(H,13,14). The molecule has 2 aromatic rings. The van der Waals surface area contributed by atoms with Gasteiger partial charge in [-0.15, -0.1) is 0 Å². The zero-order valence-corrected chi connectivity index (χ0v) is 11.5. The highest BCUT2D eigenvalue weighted by Gasteiger charge is 2.23. The predicted molar refractivity (Wildman–Crippen MR) is 73.0 cm³/mol. The van der Waals surface area contributed by atoms with Crippen LogP contribution in [0, 0.1) is 17.0 Å². The van der Waals surface area contributed by atoms with Crippen LogP contribution in [0.2, 0.25) is 0 Å². The SMILES string of the molecule is Cc1cc(NS(=O)(=O)c2cc([N+](=O)[O-])ccc2NN)no1. The van der Waals surface area contributed by atoms with Gasteiger partial charge in [0.25, 0.3) is 15.7 Å². The van der Waals surface area contributed by atoms with Gasteiger partial charge in [-0.2, -0.15) is 0 Å². The van der Waals surface area contributed by atoms with Crippen molar-refractivity contribution in [1.29, 1.82) is 0 Å². The van der Waals surface area contributed by atoms with Gasteiger partial charge in [0.2, 0.25) is 0 Å². The smallest absolute Gasteiger partial charge is 0.270 e. The molecule has 0 aliphatic heterocycles. The van der Waals surface area contributed by atoms with Crippen LogP contribution < -0.4 is 16.0 Å². The van der Waals surface area contributed by atoms with E-state index in [1.165, 1.54) is 12.1 Å². The van der Waals surface area contributed by atoms with Crippen LogP contribution in [0.15, 0.2) is 33.7 Å². The van der Waals surface area contributed by atoms with Crippen molar-refractivity contribution in [3.63, 3.8) is 0 Å². The molecule has 1 heterocycles. The first-order valence-corrected chi connectivity index (χ1v) is 7.03. The Labute approximate surface area is 119 Å². The minimum Gasteiger partial charge on any atom is -0.360 e. The first kappa shape index (κ1) is 14.7. The number of nitrogens with zero attached hydrogens (tertiary/aromatic N) is 2. The fourth-order valence-corrected chi connectivity index (χ4v) is 2.75. The van der Waals surface area contributed by atoms with E-state index in [2.05, 4.69) is 15.3 Å². The van der Waals surface area contributed by atoms with Crippen molar-refractivity contribution in [3.8, 4) is 0 Å². The van der Waals surface area contributed by atoms with Crippen molar-refractivity contribution < 1.29 is 17.9 Å². The number of sulfonamides is 1. The normalized spacial score (nSPS) is 11.1. The van der Waals surface area contributed by atoms with Gasteiger partial charge in [0, 0.05) is 18.2 Å². The number of hydrogen-bond acceptors (Lipinski definition) is 8. The second-order valence-electron chi connectivity index (χ2n) is 4.01. The Hall–Kier alpha value is -2.66. The van der Waals surface area contributed by atoms with E-state index >= 15 is 0 Å². The molecule has 1 aromatic carbocycles. The second-order valence-corrected chi connectivity index (χ2v) is 5.66. The number of nitrogens with one attached hydrogen (secondary N) is 2. The highest BCUT2D eigenvalue weighted by atomic mass is 32.2. The van der Waals surface area contributed by atoms with Gasteiger partial charge in [-0.1, -0.05) is 5.16 Å². The number of nitrogen functional groups attached to an aromatic ring is 1. The number of nitro benzene ring substituents is 1. The fraction of sp³-hybridized carbons (Fsp3) is 0.100. The van der Waals surface area contributed by atoms with Crippen LogP contribution in [0.25, 0.3) is 0 Å². The first-order chi connectivity index (χ1) is 9.83. The molecule has 0 saturated heterocycles. The monoisotopic (exact) mass is 313 g/mol. The Bertz CT molecular complexity index is 785. The molecule has 0 aliphatic carbocycles. The second kappa shape index (κ2) is 5.38. The van der Waals surface area contributed by atoms with Crippen molar-refractivity contribution >= 4 is 27.2 Å². The summed E-state index contributed by atoms with van der Waals surface area (Å²) in [5.41, 5.74) is 1.80. The summed E-state index contributed by atoms with van der Waals surface area (Å²) < 4.78 is 31.4. The molecule has 11 heteroatoms. The third kappa shape index (κ3) is 3.09. The largest absolute Gasteiger partial charge is 0.360 e. The number of rotatable bonds is 5.